The SMILES string of the molecule is C[C@H](CN1CCN([C@H](C)c2ccsc2)CC1)NC(=O)OC(C)(C)C. The Balaban J connectivity index is 1.71. The zero-order valence-corrected chi connectivity index (χ0v) is 16.4. The molecule has 5 nitrogen and oxygen atoms in total. The molecule has 1 amide bonds. The van der Waals surface area contributed by atoms with E-state index in [0.29, 0.717) is 6.04 Å². The number of alkyl carbamates (subject to hydrolysis) is 1. The molecule has 0 unspecified atom stereocenters. The maximum Gasteiger partial charge on any atom is 0.407 e. The summed E-state index contributed by atoms with van der Waals surface area (Å²) < 4.78 is 5.31. The van der Waals surface area contributed by atoms with Gasteiger partial charge in [0.05, 0.1) is 0 Å². The summed E-state index contributed by atoms with van der Waals surface area (Å²) in [6.45, 7) is 15.0. The standard InChI is InChI=1S/C18H31N3O2S/c1-14(19-17(22)23-18(3,4)5)12-20-7-9-21(10-8-20)15(2)16-6-11-24-13-16/h6,11,13-15H,7-10,12H2,1-5H3,(H,19,22)/t14-,15-/m1/s1. The van der Waals surface area contributed by atoms with Crippen LogP contribution >= 0.6 is 11.3 Å². The van der Waals surface area contributed by atoms with Gasteiger partial charge in [0.2, 0.25) is 0 Å². The first-order chi connectivity index (χ1) is 11.2. The first-order valence-corrected chi connectivity index (χ1v) is 9.67. The predicted octanol–water partition coefficient (Wildman–Crippen LogP) is 3.34. The Morgan fingerprint density at radius 1 is 1.29 bits per heavy atom. The average molecular weight is 354 g/mol. The van der Waals surface area contributed by atoms with Crippen LogP contribution in [-0.2, 0) is 4.74 Å². The minimum Gasteiger partial charge on any atom is -0.444 e. The molecule has 0 spiro atoms. The number of carbonyl (C=O) groups excluding carboxylic acids is 1. The molecule has 1 aromatic rings. The molecular formula is C18H31N3O2S. The number of nitrogens with zero attached hydrogens (tertiary/aromatic N) is 2. The molecule has 1 saturated heterocycles. The minimum atomic E-state index is -0.451. The molecule has 0 radical (unpaired) electrons. The Kier molecular flexibility index (Phi) is 6.66. The van der Waals surface area contributed by atoms with Gasteiger partial charge in [-0.2, -0.15) is 11.3 Å². The van der Waals surface area contributed by atoms with Crippen LogP contribution in [0.3, 0.4) is 0 Å². The number of hydrogen-bond donors (Lipinski definition) is 1. The lowest BCUT2D eigenvalue weighted by Gasteiger charge is -2.38. The molecule has 1 fully saturated rings. The molecule has 1 aromatic heterocycles. The summed E-state index contributed by atoms with van der Waals surface area (Å²) in [7, 11) is 0. The summed E-state index contributed by atoms with van der Waals surface area (Å²) in [6.07, 6.45) is -0.334. The van der Waals surface area contributed by atoms with Crippen molar-refractivity contribution in [1.29, 1.82) is 0 Å². The molecule has 136 valence electrons. The first-order valence-electron chi connectivity index (χ1n) is 8.72. The highest BCUT2D eigenvalue weighted by Crippen LogP contribution is 2.23. The van der Waals surface area contributed by atoms with Gasteiger partial charge >= 0.3 is 6.09 Å². The maximum atomic E-state index is 11.8. The molecule has 0 aliphatic carbocycles. The Morgan fingerprint density at radius 3 is 2.50 bits per heavy atom. The minimum absolute atomic E-state index is 0.0840. The lowest BCUT2D eigenvalue weighted by atomic mass is 10.1. The highest BCUT2D eigenvalue weighted by molar-refractivity contribution is 7.07. The van der Waals surface area contributed by atoms with E-state index in [2.05, 4.69) is 38.9 Å². The van der Waals surface area contributed by atoms with Gasteiger partial charge in [-0.1, -0.05) is 0 Å². The molecule has 0 bridgehead atoms. The van der Waals surface area contributed by atoms with Crippen LogP contribution in [0.15, 0.2) is 16.8 Å². The fourth-order valence-electron chi connectivity index (χ4n) is 3.00. The van der Waals surface area contributed by atoms with Crippen LogP contribution in [0.5, 0.6) is 0 Å². The van der Waals surface area contributed by atoms with E-state index >= 15 is 0 Å². The van der Waals surface area contributed by atoms with Gasteiger partial charge in [0, 0.05) is 44.8 Å². The van der Waals surface area contributed by atoms with Gasteiger partial charge in [-0.05, 0) is 57.0 Å². The number of nitrogens with one attached hydrogen (secondary N) is 1. The molecule has 6 heteroatoms. The summed E-state index contributed by atoms with van der Waals surface area (Å²) in [5, 5.41) is 7.31. The fourth-order valence-corrected chi connectivity index (χ4v) is 3.75. The molecular weight excluding hydrogens is 322 g/mol. The zero-order valence-electron chi connectivity index (χ0n) is 15.5. The van der Waals surface area contributed by atoms with Crippen LogP contribution in [0, 0.1) is 0 Å². The summed E-state index contributed by atoms with van der Waals surface area (Å²) in [5.74, 6) is 0. The second kappa shape index (κ2) is 8.32. The smallest absolute Gasteiger partial charge is 0.407 e. The Bertz CT molecular complexity index is 505. The largest absolute Gasteiger partial charge is 0.444 e. The number of thiophene rings is 1. The molecule has 2 atom stereocenters. The molecule has 0 saturated carbocycles. The molecule has 1 N–H and O–H groups in total. The highest BCUT2D eigenvalue weighted by atomic mass is 32.1. The van der Waals surface area contributed by atoms with Gasteiger partial charge in [-0.15, -0.1) is 0 Å². The molecule has 1 aliphatic rings. The fraction of sp³-hybridized carbons (Fsp3) is 0.722. The van der Waals surface area contributed by atoms with Crippen LogP contribution in [0.4, 0.5) is 4.79 Å². The van der Waals surface area contributed by atoms with E-state index in [-0.39, 0.29) is 12.1 Å². The van der Waals surface area contributed by atoms with Gasteiger partial charge in [-0.3, -0.25) is 9.80 Å². The van der Waals surface area contributed by atoms with Crippen molar-refractivity contribution in [1.82, 2.24) is 15.1 Å². The highest BCUT2D eigenvalue weighted by Gasteiger charge is 2.24. The van der Waals surface area contributed by atoms with E-state index in [0.717, 1.165) is 32.7 Å². The number of piperazine rings is 1. The van der Waals surface area contributed by atoms with Gasteiger partial charge in [0.25, 0.3) is 0 Å². The van der Waals surface area contributed by atoms with Crippen molar-refractivity contribution in [2.75, 3.05) is 32.7 Å². The average Bonchev–Trinajstić information content (AvgIpc) is 2.99. The lowest BCUT2D eigenvalue weighted by Crippen LogP contribution is -2.51. The lowest BCUT2D eigenvalue weighted by molar-refractivity contribution is 0.0479. The molecule has 24 heavy (non-hydrogen) atoms. The Labute approximate surface area is 150 Å². The van der Waals surface area contributed by atoms with Crippen LogP contribution < -0.4 is 5.32 Å². The van der Waals surface area contributed by atoms with E-state index < -0.39 is 5.60 Å². The summed E-state index contributed by atoms with van der Waals surface area (Å²) >= 11 is 1.76. The monoisotopic (exact) mass is 353 g/mol. The van der Waals surface area contributed by atoms with Crippen molar-refractivity contribution in [3.8, 4) is 0 Å². The zero-order chi connectivity index (χ0) is 17.7. The van der Waals surface area contributed by atoms with Gasteiger partial charge < -0.3 is 10.1 Å². The number of carbonyl (C=O) groups is 1. The second-order valence-corrected chi connectivity index (χ2v) is 8.40. The molecule has 0 aromatic carbocycles. The van der Waals surface area contributed by atoms with Crippen LogP contribution in [0.25, 0.3) is 0 Å². The Morgan fingerprint density at radius 2 is 1.96 bits per heavy atom. The summed E-state index contributed by atoms with van der Waals surface area (Å²) in [4.78, 5) is 16.8. The number of rotatable bonds is 5. The van der Waals surface area contributed by atoms with E-state index in [9.17, 15) is 4.79 Å². The maximum absolute atomic E-state index is 11.8. The number of ether oxygens (including phenoxy) is 1. The summed E-state index contributed by atoms with van der Waals surface area (Å²) in [6, 6.07) is 2.78. The van der Waals surface area contributed by atoms with Crippen LogP contribution in [0.2, 0.25) is 0 Å². The van der Waals surface area contributed by atoms with Crippen molar-refractivity contribution in [3.63, 3.8) is 0 Å². The third-order valence-electron chi connectivity index (χ3n) is 4.28. The second-order valence-electron chi connectivity index (χ2n) is 7.62. The molecule has 2 rings (SSSR count). The van der Waals surface area contributed by atoms with Crippen molar-refractivity contribution in [3.05, 3.63) is 22.4 Å². The summed E-state index contributed by atoms with van der Waals surface area (Å²) in [5.41, 5.74) is 0.959. The van der Waals surface area contributed by atoms with E-state index in [1.165, 1.54) is 5.56 Å². The number of hydrogen-bond acceptors (Lipinski definition) is 5. The topological polar surface area (TPSA) is 44.8 Å². The van der Waals surface area contributed by atoms with E-state index in [1.54, 1.807) is 11.3 Å². The number of amides is 1. The Hall–Kier alpha value is -1.11. The van der Waals surface area contributed by atoms with Crippen molar-refractivity contribution in [2.24, 2.45) is 0 Å². The third kappa shape index (κ3) is 6.07. The van der Waals surface area contributed by atoms with Crippen LogP contribution in [-0.4, -0.2) is 60.3 Å². The quantitative estimate of drug-likeness (QED) is 0.882. The van der Waals surface area contributed by atoms with Gasteiger partial charge in [0.15, 0.2) is 0 Å². The van der Waals surface area contributed by atoms with Crippen molar-refractivity contribution in [2.45, 2.75) is 52.3 Å². The third-order valence-corrected chi connectivity index (χ3v) is 4.98. The normalized spacial score (nSPS) is 19.7. The van der Waals surface area contributed by atoms with Gasteiger partial charge in [0.1, 0.15) is 5.60 Å². The van der Waals surface area contributed by atoms with Crippen LogP contribution in [0.1, 0.15) is 46.2 Å². The van der Waals surface area contributed by atoms with E-state index in [4.69, 9.17) is 4.74 Å². The molecule has 2 heterocycles. The van der Waals surface area contributed by atoms with Gasteiger partial charge in [-0.25, -0.2) is 4.79 Å². The predicted molar refractivity (Wildman–Crippen MR) is 99.6 cm³/mol. The van der Waals surface area contributed by atoms with Crippen molar-refractivity contribution >= 4 is 17.4 Å². The first kappa shape index (κ1) is 19.2. The van der Waals surface area contributed by atoms with E-state index in [1.807, 2.05) is 27.7 Å². The van der Waals surface area contributed by atoms with Crippen molar-refractivity contribution < 1.29 is 9.53 Å². The molecule has 1 aliphatic heterocycles.